The van der Waals surface area contributed by atoms with Gasteiger partial charge in [0.1, 0.15) is 11.6 Å². The molecule has 0 saturated carbocycles. The normalized spacial score (nSPS) is 14.9. The number of methoxy groups -OCH3 is 1. The number of pyridine rings is 1. The van der Waals surface area contributed by atoms with E-state index >= 15 is 0 Å². The van der Waals surface area contributed by atoms with Crippen molar-refractivity contribution in [2.45, 2.75) is 19.9 Å². The second kappa shape index (κ2) is 9.36. The van der Waals surface area contributed by atoms with Crippen LogP contribution in [0, 0.1) is 12.7 Å². The average Bonchev–Trinajstić information content (AvgIpc) is 2.77. The molecule has 170 valence electrons. The fourth-order valence-corrected chi connectivity index (χ4v) is 4.96. The highest BCUT2D eigenvalue weighted by Crippen LogP contribution is 2.36. The fourth-order valence-electron chi connectivity index (χ4n) is 3.91. The molecule has 2 heterocycles. The van der Waals surface area contributed by atoms with E-state index in [0.29, 0.717) is 35.9 Å². The van der Waals surface area contributed by atoms with E-state index in [2.05, 4.69) is 15.2 Å². The summed E-state index contributed by atoms with van der Waals surface area (Å²) in [6, 6.07) is 9.68. The summed E-state index contributed by atoms with van der Waals surface area (Å²) in [6.45, 7) is 3.21. The average molecular weight is 464 g/mol. The third-order valence-electron chi connectivity index (χ3n) is 5.57. The van der Waals surface area contributed by atoms with Crippen LogP contribution in [-0.2, 0) is 17.3 Å². The molecule has 1 aliphatic rings. The van der Waals surface area contributed by atoms with Crippen LogP contribution in [0.5, 0.6) is 5.75 Å². The van der Waals surface area contributed by atoms with Crippen molar-refractivity contribution >= 4 is 33.1 Å². The summed E-state index contributed by atoms with van der Waals surface area (Å²) in [5, 5.41) is 4.00. The van der Waals surface area contributed by atoms with Crippen molar-refractivity contribution in [2.24, 2.45) is 0 Å². The smallest absolute Gasteiger partial charge is 0.266 e. The van der Waals surface area contributed by atoms with Crippen molar-refractivity contribution in [1.29, 1.82) is 0 Å². The van der Waals surface area contributed by atoms with Gasteiger partial charge < -0.3 is 15.0 Å². The molecule has 1 N–H and O–H groups in total. The molecule has 0 atom stereocenters. The van der Waals surface area contributed by atoms with Gasteiger partial charge in [0.15, 0.2) is 0 Å². The molecule has 2 aromatic carbocycles. The number of benzene rings is 2. The van der Waals surface area contributed by atoms with E-state index in [9.17, 15) is 17.4 Å². The van der Waals surface area contributed by atoms with Gasteiger partial charge in [-0.2, -0.15) is 0 Å². The van der Waals surface area contributed by atoms with Crippen LogP contribution >= 0.6 is 0 Å². The van der Waals surface area contributed by atoms with E-state index in [-0.39, 0.29) is 12.1 Å². The summed E-state index contributed by atoms with van der Waals surface area (Å²) < 4.78 is 57.9. The lowest BCUT2D eigenvalue weighted by Gasteiger charge is -2.30. The van der Waals surface area contributed by atoms with Crippen molar-refractivity contribution in [3.8, 4) is 5.75 Å². The van der Waals surface area contributed by atoms with Gasteiger partial charge in [-0.1, -0.05) is 18.2 Å². The fraction of sp³-hybridized carbons (Fsp3) is 0.348. The summed E-state index contributed by atoms with van der Waals surface area (Å²) in [7, 11) is 0.792. The number of nitrogens with zero attached hydrogens (tertiary/aromatic N) is 2. The molecular formula is C23H24F3N3O2S. The van der Waals surface area contributed by atoms with E-state index in [1.807, 2.05) is 25.1 Å². The van der Waals surface area contributed by atoms with Gasteiger partial charge in [-0.15, -0.1) is 0 Å². The van der Waals surface area contributed by atoms with Crippen molar-refractivity contribution < 1.29 is 22.1 Å². The Bertz CT molecular complexity index is 1160. The Hall–Kier alpha value is -2.81. The monoisotopic (exact) mass is 463 g/mol. The van der Waals surface area contributed by atoms with Crippen molar-refractivity contribution in [1.82, 2.24) is 4.98 Å². The highest BCUT2D eigenvalue weighted by Gasteiger charge is 2.21. The van der Waals surface area contributed by atoms with Gasteiger partial charge >= 0.3 is 0 Å². The second-order valence-electron chi connectivity index (χ2n) is 7.66. The number of alkyl halides is 2. The number of aromatic nitrogens is 1. The number of rotatable bonds is 6. The summed E-state index contributed by atoms with van der Waals surface area (Å²) in [4.78, 5) is 6.73. The maximum atomic E-state index is 14.5. The summed E-state index contributed by atoms with van der Waals surface area (Å²) in [5.41, 5.74) is 2.61. The predicted octanol–water partition coefficient (Wildman–Crippen LogP) is 4.81. The molecule has 1 aromatic heterocycles. The molecule has 3 aromatic rings. The number of hydrogen-bond acceptors (Lipinski definition) is 5. The molecular weight excluding hydrogens is 439 g/mol. The Labute approximate surface area is 187 Å². The molecule has 5 nitrogen and oxygen atoms in total. The second-order valence-corrected chi connectivity index (χ2v) is 9.36. The number of halogens is 3. The quantitative estimate of drug-likeness (QED) is 0.569. The zero-order chi connectivity index (χ0) is 22.8. The topological polar surface area (TPSA) is 54.5 Å². The molecule has 0 spiro atoms. The number of ether oxygens (including phenoxy) is 1. The molecule has 0 amide bonds. The Kier molecular flexibility index (Phi) is 6.55. The minimum Gasteiger partial charge on any atom is -0.495 e. The van der Waals surface area contributed by atoms with E-state index < -0.39 is 28.6 Å². The van der Waals surface area contributed by atoms with Gasteiger partial charge in [0.25, 0.3) is 6.43 Å². The minimum atomic E-state index is -2.87. The Morgan fingerprint density at radius 3 is 2.66 bits per heavy atom. The van der Waals surface area contributed by atoms with Crippen LogP contribution < -0.4 is 15.0 Å². The Balaban J connectivity index is 1.71. The third kappa shape index (κ3) is 4.53. The highest BCUT2D eigenvalue weighted by atomic mass is 32.2. The van der Waals surface area contributed by atoms with Gasteiger partial charge in [-0.05, 0) is 19.1 Å². The maximum absolute atomic E-state index is 14.5. The highest BCUT2D eigenvalue weighted by molar-refractivity contribution is 7.85. The number of hydrogen-bond donors (Lipinski definition) is 1. The Morgan fingerprint density at radius 1 is 1.22 bits per heavy atom. The first-order valence-electron chi connectivity index (χ1n) is 10.3. The summed E-state index contributed by atoms with van der Waals surface area (Å²) in [6.07, 6.45) is -2.87. The maximum Gasteiger partial charge on any atom is 0.266 e. The van der Waals surface area contributed by atoms with E-state index in [0.717, 1.165) is 28.5 Å². The summed E-state index contributed by atoms with van der Waals surface area (Å²) in [5.74, 6) is 0.967. The standard InChI is InChI=1S/C23H24F3N3O2S/c1-14-10-18(27-13-15-4-3-5-16(22(15)24)23(25)26)17-11-20(21(31-2)12-19(17)28-14)29-6-8-32(30)9-7-29/h3-5,10-12,23H,6-9,13H2,1-2H3,(H,27,28). The van der Waals surface area contributed by atoms with E-state index in [1.165, 1.54) is 12.1 Å². The van der Waals surface area contributed by atoms with Crippen LogP contribution in [-0.4, -0.2) is 40.9 Å². The first-order chi connectivity index (χ1) is 15.4. The molecule has 9 heteroatoms. The first-order valence-corrected chi connectivity index (χ1v) is 11.7. The molecule has 1 saturated heterocycles. The minimum absolute atomic E-state index is 0.0506. The van der Waals surface area contributed by atoms with Crippen molar-refractivity contribution in [3.05, 3.63) is 59.0 Å². The first kappa shape index (κ1) is 22.4. The molecule has 0 unspecified atom stereocenters. The molecule has 0 bridgehead atoms. The molecule has 1 aliphatic heterocycles. The van der Waals surface area contributed by atoms with E-state index in [4.69, 9.17) is 4.74 Å². The van der Waals surface area contributed by atoms with Crippen LogP contribution in [0.1, 0.15) is 23.2 Å². The zero-order valence-electron chi connectivity index (χ0n) is 17.8. The number of anilines is 2. The van der Waals surface area contributed by atoms with Gasteiger partial charge in [0.05, 0.1) is 23.9 Å². The zero-order valence-corrected chi connectivity index (χ0v) is 18.6. The number of aryl methyl sites for hydroxylation is 1. The number of nitrogens with one attached hydrogen (secondary N) is 1. The van der Waals surface area contributed by atoms with Crippen LogP contribution in [0.3, 0.4) is 0 Å². The largest absolute Gasteiger partial charge is 0.495 e. The molecule has 0 radical (unpaired) electrons. The van der Waals surface area contributed by atoms with Crippen molar-refractivity contribution in [3.63, 3.8) is 0 Å². The lowest BCUT2D eigenvalue weighted by Crippen LogP contribution is -2.37. The molecule has 1 fully saturated rings. The van der Waals surface area contributed by atoms with Crippen LogP contribution in [0.15, 0.2) is 36.4 Å². The van der Waals surface area contributed by atoms with Gasteiger partial charge in [0.2, 0.25) is 0 Å². The number of fused-ring (bicyclic) bond motifs is 1. The third-order valence-corrected chi connectivity index (χ3v) is 6.84. The summed E-state index contributed by atoms with van der Waals surface area (Å²) >= 11 is 0. The van der Waals surface area contributed by atoms with Gasteiger partial charge in [-0.3, -0.25) is 9.19 Å². The van der Waals surface area contributed by atoms with Crippen LogP contribution in [0.4, 0.5) is 24.5 Å². The van der Waals surface area contributed by atoms with Gasteiger partial charge in [-0.25, -0.2) is 13.2 Å². The lowest BCUT2D eigenvalue weighted by atomic mass is 10.1. The predicted molar refractivity (Wildman–Crippen MR) is 122 cm³/mol. The Morgan fingerprint density at radius 2 is 1.97 bits per heavy atom. The lowest BCUT2D eigenvalue weighted by molar-refractivity contribution is 0.146. The van der Waals surface area contributed by atoms with E-state index in [1.54, 1.807) is 7.11 Å². The molecule has 4 rings (SSSR count). The van der Waals surface area contributed by atoms with Crippen LogP contribution in [0.2, 0.25) is 0 Å². The van der Waals surface area contributed by atoms with Crippen molar-refractivity contribution in [2.75, 3.05) is 41.9 Å². The molecule has 0 aliphatic carbocycles. The SMILES string of the molecule is COc1cc2nc(C)cc(NCc3cccc(C(F)F)c3F)c2cc1N1CCS(=O)CC1. The van der Waals surface area contributed by atoms with Crippen LogP contribution in [0.25, 0.3) is 10.9 Å². The molecule has 32 heavy (non-hydrogen) atoms. The van der Waals surface area contributed by atoms with Gasteiger partial charge in [0, 0.05) is 70.3 Å².